The summed E-state index contributed by atoms with van der Waals surface area (Å²) in [4.78, 5) is 28.2. The van der Waals surface area contributed by atoms with Crippen molar-refractivity contribution in [1.29, 1.82) is 0 Å². The monoisotopic (exact) mass is 560 g/mol. The van der Waals surface area contributed by atoms with Gasteiger partial charge in [0, 0.05) is 22.7 Å². The molecule has 1 N–H and O–H groups in total. The molecule has 2 amide bonds. The first kappa shape index (κ1) is 26.8. The Labute approximate surface area is 237 Å². The molecule has 200 valence electrons. The predicted molar refractivity (Wildman–Crippen MR) is 157 cm³/mol. The zero-order valence-corrected chi connectivity index (χ0v) is 23.3. The Balaban J connectivity index is 1.79. The number of ether oxygens (including phenoxy) is 1. The minimum atomic E-state index is -0.288. The third kappa shape index (κ3) is 5.53. The second kappa shape index (κ2) is 12.0. The van der Waals surface area contributed by atoms with Crippen molar-refractivity contribution < 1.29 is 14.3 Å². The van der Waals surface area contributed by atoms with Gasteiger partial charge in [-0.05, 0) is 42.3 Å². The Kier molecular flexibility index (Phi) is 8.24. The Morgan fingerprint density at radius 3 is 2.49 bits per heavy atom. The molecule has 0 saturated heterocycles. The van der Waals surface area contributed by atoms with Crippen molar-refractivity contribution in [1.82, 2.24) is 15.1 Å². The van der Waals surface area contributed by atoms with Gasteiger partial charge in [-0.25, -0.2) is 4.68 Å². The first-order chi connectivity index (χ1) is 19.0. The molecule has 0 saturated carbocycles. The zero-order valence-electron chi connectivity index (χ0n) is 21.8. The standard InChI is InChI=1S/C30H29ClN4O3S/c1-3-17-32-25(36)18-34-26(37)19-39-29(23-11-7-8-12-24(23)31)27-28(20-9-5-4-6-10-20)33-35(30(27)34)21-13-15-22(38-2)16-14-21/h4-16,29H,3,17-19H2,1-2H3,(H,32,36)/t29-/m1/s1. The molecule has 9 heteroatoms. The van der Waals surface area contributed by atoms with Gasteiger partial charge in [-0.1, -0.05) is 67.1 Å². The number of halogens is 1. The Bertz CT molecular complexity index is 1470. The van der Waals surface area contributed by atoms with Crippen LogP contribution >= 0.6 is 23.4 Å². The number of hydrogen-bond donors (Lipinski definition) is 1. The van der Waals surface area contributed by atoms with E-state index in [2.05, 4.69) is 5.32 Å². The van der Waals surface area contributed by atoms with Gasteiger partial charge in [0.05, 0.1) is 29.5 Å². The van der Waals surface area contributed by atoms with Crippen LogP contribution in [-0.2, 0) is 9.59 Å². The zero-order chi connectivity index (χ0) is 27.4. The lowest BCUT2D eigenvalue weighted by Crippen LogP contribution is -2.42. The fourth-order valence-electron chi connectivity index (χ4n) is 4.63. The largest absolute Gasteiger partial charge is 0.497 e. The summed E-state index contributed by atoms with van der Waals surface area (Å²) in [5.41, 5.74) is 4.10. The molecule has 0 fully saturated rings. The van der Waals surface area contributed by atoms with Gasteiger partial charge < -0.3 is 10.1 Å². The van der Waals surface area contributed by atoms with Gasteiger partial charge in [0.2, 0.25) is 11.8 Å². The van der Waals surface area contributed by atoms with E-state index >= 15 is 0 Å². The third-order valence-electron chi connectivity index (χ3n) is 6.51. The van der Waals surface area contributed by atoms with E-state index in [1.165, 1.54) is 11.8 Å². The van der Waals surface area contributed by atoms with Gasteiger partial charge >= 0.3 is 0 Å². The van der Waals surface area contributed by atoms with Crippen LogP contribution in [0.25, 0.3) is 16.9 Å². The van der Waals surface area contributed by atoms with E-state index in [0.29, 0.717) is 23.1 Å². The molecule has 1 aliphatic rings. The van der Waals surface area contributed by atoms with Gasteiger partial charge in [-0.15, -0.1) is 11.8 Å². The smallest absolute Gasteiger partial charge is 0.240 e. The number of anilines is 1. The normalized spacial score (nSPS) is 15.0. The minimum absolute atomic E-state index is 0.113. The predicted octanol–water partition coefficient (Wildman–Crippen LogP) is 5.90. The van der Waals surface area contributed by atoms with Crippen molar-refractivity contribution >= 4 is 41.0 Å². The highest BCUT2D eigenvalue weighted by Crippen LogP contribution is 2.49. The fraction of sp³-hybridized carbons (Fsp3) is 0.233. The molecule has 1 atom stereocenters. The number of thioether (sulfide) groups is 1. The van der Waals surface area contributed by atoms with Crippen LogP contribution in [0.15, 0.2) is 78.9 Å². The average Bonchev–Trinajstić information content (AvgIpc) is 3.30. The Morgan fingerprint density at radius 2 is 1.79 bits per heavy atom. The molecule has 0 radical (unpaired) electrons. The van der Waals surface area contributed by atoms with Crippen molar-refractivity contribution in [2.75, 3.05) is 30.9 Å². The number of nitrogens with zero attached hydrogens (tertiary/aromatic N) is 3. The Hall–Kier alpha value is -3.75. The van der Waals surface area contributed by atoms with E-state index in [1.807, 2.05) is 85.8 Å². The quantitative estimate of drug-likeness (QED) is 0.290. The van der Waals surface area contributed by atoms with Crippen molar-refractivity contribution in [3.05, 3.63) is 95.0 Å². The summed E-state index contributed by atoms with van der Waals surface area (Å²) in [6.45, 7) is 2.42. The minimum Gasteiger partial charge on any atom is -0.497 e. The van der Waals surface area contributed by atoms with Gasteiger partial charge in [-0.3, -0.25) is 14.5 Å². The fourth-order valence-corrected chi connectivity index (χ4v) is 6.17. The van der Waals surface area contributed by atoms with Crippen LogP contribution in [0.5, 0.6) is 5.75 Å². The summed E-state index contributed by atoms with van der Waals surface area (Å²) in [5, 5.41) is 8.31. The summed E-state index contributed by atoms with van der Waals surface area (Å²) in [6, 6.07) is 25.0. The van der Waals surface area contributed by atoms with E-state index in [1.54, 1.807) is 16.7 Å². The molecular formula is C30H29ClN4O3S. The number of carbonyl (C=O) groups excluding carboxylic acids is 2. The summed E-state index contributed by atoms with van der Waals surface area (Å²) in [5.74, 6) is 1.06. The lowest BCUT2D eigenvalue weighted by atomic mass is 9.99. The van der Waals surface area contributed by atoms with Crippen LogP contribution in [0.3, 0.4) is 0 Å². The maximum Gasteiger partial charge on any atom is 0.240 e. The van der Waals surface area contributed by atoms with Crippen LogP contribution in [0.1, 0.15) is 29.7 Å². The molecular weight excluding hydrogens is 532 g/mol. The molecule has 3 aromatic carbocycles. The first-order valence-electron chi connectivity index (χ1n) is 12.8. The molecule has 1 aromatic heterocycles. The molecule has 4 aromatic rings. The van der Waals surface area contributed by atoms with Crippen LogP contribution in [-0.4, -0.2) is 47.5 Å². The number of benzene rings is 3. The maximum absolute atomic E-state index is 13.7. The van der Waals surface area contributed by atoms with Gasteiger partial charge in [0.1, 0.15) is 18.1 Å². The van der Waals surface area contributed by atoms with Crippen LogP contribution in [0.4, 0.5) is 5.82 Å². The van der Waals surface area contributed by atoms with E-state index in [9.17, 15) is 9.59 Å². The number of rotatable bonds is 8. The second-order valence-electron chi connectivity index (χ2n) is 9.10. The van der Waals surface area contributed by atoms with Crippen LogP contribution in [0, 0.1) is 0 Å². The van der Waals surface area contributed by atoms with E-state index in [-0.39, 0.29) is 29.4 Å². The molecule has 0 bridgehead atoms. The molecule has 1 aliphatic heterocycles. The van der Waals surface area contributed by atoms with Crippen molar-refractivity contribution in [2.24, 2.45) is 0 Å². The molecule has 0 aliphatic carbocycles. The highest BCUT2D eigenvalue weighted by Gasteiger charge is 2.38. The van der Waals surface area contributed by atoms with Gasteiger partial charge in [0.15, 0.2) is 0 Å². The summed E-state index contributed by atoms with van der Waals surface area (Å²) >= 11 is 8.22. The van der Waals surface area contributed by atoms with E-state index in [4.69, 9.17) is 21.4 Å². The second-order valence-corrected chi connectivity index (χ2v) is 10.6. The molecule has 7 nitrogen and oxygen atoms in total. The molecule has 5 rings (SSSR count). The van der Waals surface area contributed by atoms with E-state index in [0.717, 1.165) is 34.5 Å². The number of methoxy groups -OCH3 is 1. The summed E-state index contributed by atoms with van der Waals surface area (Å²) < 4.78 is 7.13. The number of amides is 2. The number of carbonyl (C=O) groups is 2. The summed E-state index contributed by atoms with van der Waals surface area (Å²) in [7, 11) is 1.61. The Morgan fingerprint density at radius 1 is 1.08 bits per heavy atom. The van der Waals surface area contributed by atoms with Crippen LogP contribution < -0.4 is 15.0 Å². The SMILES string of the molecule is CCCNC(=O)CN1C(=O)CS[C@H](c2ccccc2Cl)c2c(-c3ccccc3)nn(-c3ccc(OC)cc3)c21. The lowest BCUT2D eigenvalue weighted by molar-refractivity contribution is -0.122. The number of fused-ring (bicyclic) bond motifs is 1. The molecule has 0 spiro atoms. The van der Waals surface area contributed by atoms with Gasteiger partial charge in [-0.2, -0.15) is 5.10 Å². The van der Waals surface area contributed by atoms with Crippen LogP contribution in [0.2, 0.25) is 5.02 Å². The number of nitrogens with one attached hydrogen (secondary N) is 1. The lowest BCUT2D eigenvalue weighted by Gasteiger charge is -2.23. The topological polar surface area (TPSA) is 76.5 Å². The highest BCUT2D eigenvalue weighted by molar-refractivity contribution is 8.00. The van der Waals surface area contributed by atoms with Crippen molar-refractivity contribution in [2.45, 2.75) is 18.6 Å². The molecule has 0 unspecified atom stereocenters. The maximum atomic E-state index is 13.7. The first-order valence-corrected chi connectivity index (χ1v) is 14.2. The molecule has 39 heavy (non-hydrogen) atoms. The number of hydrogen-bond acceptors (Lipinski definition) is 5. The highest BCUT2D eigenvalue weighted by atomic mass is 35.5. The molecule has 2 heterocycles. The summed E-state index contributed by atoms with van der Waals surface area (Å²) in [6.07, 6.45) is 0.803. The van der Waals surface area contributed by atoms with Gasteiger partial charge in [0.25, 0.3) is 0 Å². The van der Waals surface area contributed by atoms with E-state index < -0.39 is 0 Å². The average molecular weight is 561 g/mol. The third-order valence-corrected chi connectivity index (χ3v) is 8.10. The van der Waals surface area contributed by atoms with Crippen molar-refractivity contribution in [3.63, 3.8) is 0 Å². The number of aromatic nitrogens is 2. The van der Waals surface area contributed by atoms with Crippen molar-refractivity contribution in [3.8, 4) is 22.7 Å².